The fraction of sp³-hybridized carbons (Fsp3) is 0.632. The van der Waals surface area contributed by atoms with Gasteiger partial charge >= 0.3 is 0 Å². The van der Waals surface area contributed by atoms with Crippen molar-refractivity contribution in [2.45, 2.75) is 20.3 Å². The molecular formula is C19H34IN5O. The molecule has 7 heteroatoms. The maximum atomic E-state index is 5.97. The van der Waals surface area contributed by atoms with Crippen molar-refractivity contribution in [3.63, 3.8) is 0 Å². The van der Waals surface area contributed by atoms with Gasteiger partial charge in [-0.2, -0.15) is 0 Å². The van der Waals surface area contributed by atoms with E-state index < -0.39 is 0 Å². The second kappa shape index (κ2) is 13.2. The summed E-state index contributed by atoms with van der Waals surface area (Å²) in [4.78, 5) is 9.18. The van der Waals surface area contributed by atoms with Gasteiger partial charge in [0.2, 0.25) is 0 Å². The monoisotopic (exact) mass is 475 g/mol. The normalized spacial score (nSPS) is 15.4. The van der Waals surface area contributed by atoms with Crippen LogP contribution in [-0.2, 0) is 4.74 Å². The number of rotatable bonds is 9. The van der Waals surface area contributed by atoms with Gasteiger partial charge in [0.1, 0.15) is 0 Å². The number of aliphatic imine (C=N–C) groups is 1. The molecule has 0 bridgehead atoms. The van der Waals surface area contributed by atoms with E-state index >= 15 is 0 Å². The van der Waals surface area contributed by atoms with Crippen molar-refractivity contribution in [3.05, 3.63) is 29.8 Å². The Hall–Kier alpha value is -1.06. The zero-order chi connectivity index (χ0) is 17.9. The standard InChI is InChI=1S/C19H33N5O.HI/c1-3-24(18-7-4-6-17(2)16-18)11-9-22-19(20)21-8-5-10-23-12-14-25-15-13-23;/h4,6-7,16H,3,5,8-15H2,1-2H3,(H3,20,21,22);1H. The minimum absolute atomic E-state index is 0. The number of anilines is 1. The highest BCUT2D eigenvalue weighted by molar-refractivity contribution is 14.0. The van der Waals surface area contributed by atoms with Crippen LogP contribution in [-0.4, -0.2) is 69.9 Å². The molecular weight excluding hydrogens is 441 g/mol. The third-order valence-electron chi connectivity index (χ3n) is 4.45. The third-order valence-corrected chi connectivity index (χ3v) is 4.45. The van der Waals surface area contributed by atoms with Gasteiger partial charge in [0.25, 0.3) is 0 Å². The minimum Gasteiger partial charge on any atom is -0.379 e. The van der Waals surface area contributed by atoms with Crippen LogP contribution in [0.2, 0.25) is 0 Å². The molecule has 1 aliphatic rings. The van der Waals surface area contributed by atoms with E-state index in [9.17, 15) is 0 Å². The topological polar surface area (TPSA) is 66.1 Å². The van der Waals surface area contributed by atoms with Crippen molar-refractivity contribution in [3.8, 4) is 0 Å². The molecule has 0 spiro atoms. The summed E-state index contributed by atoms with van der Waals surface area (Å²) in [6.07, 6.45) is 1.03. The number of benzene rings is 1. The van der Waals surface area contributed by atoms with E-state index in [0.717, 1.165) is 65.4 Å². The lowest BCUT2D eigenvalue weighted by Gasteiger charge is -2.26. The molecule has 1 aliphatic heterocycles. The lowest BCUT2D eigenvalue weighted by Crippen LogP contribution is -2.39. The molecule has 148 valence electrons. The molecule has 0 atom stereocenters. The van der Waals surface area contributed by atoms with Crippen molar-refractivity contribution < 1.29 is 4.74 Å². The number of hydrogen-bond donors (Lipinski definition) is 2. The van der Waals surface area contributed by atoms with E-state index in [0.29, 0.717) is 5.96 Å². The molecule has 1 saturated heterocycles. The number of morpholine rings is 1. The van der Waals surface area contributed by atoms with Crippen molar-refractivity contribution in [2.75, 3.05) is 63.9 Å². The van der Waals surface area contributed by atoms with E-state index in [1.54, 1.807) is 0 Å². The maximum absolute atomic E-state index is 5.97. The van der Waals surface area contributed by atoms with Crippen LogP contribution in [0.1, 0.15) is 18.9 Å². The molecule has 3 N–H and O–H groups in total. The van der Waals surface area contributed by atoms with Crippen LogP contribution in [0.25, 0.3) is 0 Å². The number of likely N-dealkylation sites (N-methyl/N-ethyl adjacent to an activating group) is 1. The number of guanidine groups is 1. The van der Waals surface area contributed by atoms with Crippen LogP contribution in [0.3, 0.4) is 0 Å². The van der Waals surface area contributed by atoms with Gasteiger partial charge in [0.15, 0.2) is 5.96 Å². The molecule has 0 amide bonds. The molecule has 0 aromatic heterocycles. The Kier molecular flexibility index (Phi) is 11.6. The summed E-state index contributed by atoms with van der Waals surface area (Å²) in [7, 11) is 0. The molecule has 26 heavy (non-hydrogen) atoms. The van der Waals surface area contributed by atoms with Crippen LogP contribution < -0.4 is 16.0 Å². The van der Waals surface area contributed by atoms with Gasteiger partial charge in [-0.05, 0) is 38.0 Å². The van der Waals surface area contributed by atoms with Gasteiger partial charge in [-0.25, -0.2) is 0 Å². The number of hydrogen-bond acceptors (Lipinski definition) is 4. The first-order valence-corrected chi connectivity index (χ1v) is 9.34. The average Bonchev–Trinajstić information content (AvgIpc) is 2.63. The summed E-state index contributed by atoms with van der Waals surface area (Å²) < 4.78 is 5.35. The van der Waals surface area contributed by atoms with E-state index in [-0.39, 0.29) is 24.0 Å². The minimum atomic E-state index is 0. The Labute approximate surface area is 175 Å². The highest BCUT2D eigenvalue weighted by Gasteiger charge is 2.09. The third kappa shape index (κ3) is 8.55. The zero-order valence-electron chi connectivity index (χ0n) is 16.1. The number of halogens is 1. The van der Waals surface area contributed by atoms with E-state index in [1.165, 1.54) is 11.3 Å². The summed E-state index contributed by atoms with van der Waals surface area (Å²) in [5.74, 6) is 0.544. The molecule has 1 aromatic rings. The van der Waals surface area contributed by atoms with E-state index in [1.807, 2.05) is 0 Å². The molecule has 6 nitrogen and oxygen atoms in total. The summed E-state index contributed by atoms with van der Waals surface area (Å²) in [5.41, 5.74) is 8.51. The summed E-state index contributed by atoms with van der Waals surface area (Å²) in [6.45, 7) is 12.6. The lowest BCUT2D eigenvalue weighted by atomic mass is 10.2. The van der Waals surface area contributed by atoms with Crippen molar-refractivity contribution in [1.29, 1.82) is 0 Å². The SMILES string of the molecule is CCN(CCNC(N)=NCCCN1CCOCC1)c1cccc(C)c1.I. The molecule has 2 rings (SSSR count). The number of nitrogens with one attached hydrogen (secondary N) is 1. The number of aryl methyl sites for hydroxylation is 1. The summed E-state index contributed by atoms with van der Waals surface area (Å²) in [5, 5.41) is 3.22. The first-order valence-electron chi connectivity index (χ1n) is 9.34. The Bertz CT molecular complexity index is 534. The van der Waals surface area contributed by atoms with Gasteiger partial charge in [-0.15, -0.1) is 24.0 Å². The molecule has 1 fully saturated rings. The quantitative estimate of drug-likeness (QED) is 0.248. The van der Waals surface area contributed by atoms with Crippen LogP contribution in [0.5, 0.6) is 0 Å². The van der Waals surface area contributed by atoms with Gasteiger partial charge in [0, 0.05) is 51.5 Å². The second-order valence-corrected chi connectivity index (χ2v) is 6.42. The largest absolute Gasteiger partial charge is 0.379 e. The smallest absolute Gasteiger partial charge is 0.188 e. The van der Waals surface area contributed by atoms with Crippen molar-refractivity contribution >= 4 is 35.6 Å². The maximum Gasteiger partial charge on any atom is 0.188 e. The second-order valence-electron chi connectivity index (χ2n) is 6.42. The number of nitrogens with zero attached hydrogens (tertiary/aromatic N) is 3. The molecule has 0 radical (unpaired) electrons. The summed E-state index contributed by atoms with van der Waals surface area (Å²) in [6, 6.07) is 8.59. The highest BCUT2D eigenvalue weighted by atomic mass is 127. The van der Waals surface area contributed by atoms with Crippen LogP contribution >= 0.6 is 24.0 Å². The van der Waals surface area contributed by atoms with Gasteiger partial charge in [-0.1, -0.05) is 12.1 Å². The van der Waals surface area contributed by atoms with Crippen LogP contribution in [0, 0.1) is 6.92 Å². The number of nitrogens with two attached hydrogens (primary N) is 1. The molecule has 0 unspecified atom stereocenters. The van der Waals surface area contributed by atoms with Crippen LogP contribution in [0.4, 0.5) is 5.69 Å². The molecule has 0 saturated carbocycles. The average molecular weight is 475 g/mol. The lowest BCUT2D eigenvalue weighted by molar-refractivity contribution is 0.0377. The number of ether oxygens (including phenoxy) is 1. The fourth-order valence-corrected chi connectivity index (χ4v) is 2.99. The predicted octanol–water partition coefficient (Wildman–Crippen LogP) is 2.07. The summed E-state index contributed by atoms with van der Waals surface area (Å²) >= 11 is 0. The molecule has 0 aliphatic carbocycles. The Morgan fingerprint density at radius 2 is 2.12 bits per heavy atom. The van der Waals surface area contributed by atoms with Crippen LogP contribution in [0.15, 0.2) is 29.3 Å². The Morgan fingerprint density at radius 1 is 1.35 bits per heavy atom. The predicted molar refractivity (Wildman–Crippen MR) is 121 cm³/mol. The highest BCUT2D eigenvalue weighted by Crippen LogP contribution is 2.14. The van der Waals surface area contributed by atoms with Crippen molar-refractivity contribution in [1.82, 2.24) is 10.2 Å². The molecule has 1 aromatic carbocycles. The van der Waals surface area contributed by atoms with Gasteiger partial charge < -0.3 is 20.7 Å². The zero-order valence-corrected chi connectivity index (χ0v) is 18.4. The van der Waals surface area contributed by atoms with Gasteiger partial charge in [-0.3, -0.25) is 9.89 Å². The fourth-order valence-electron chi connectivity index (χ4n) is 2.99. The van der Waals surface area contributed by atoms with E-state index in [2.05, 4.69) is 58.2 Å². The van der Waals surface area contributed by atoms with Crippen molar-refractivity contribution in [2.24, 2.45) is 10.7 Å². The first-order chi connectivity index (χ1) is 12.2. The Balaban J connectivity index is 0.00000338. The Morgan fingerprint density at radius 3 is 2.81 bits per heavy atom. The molecule has 1 heterocycles. The van der Waals surface area contributed by atoms with Gasteiger partial charge in [0.05, 0.1) is 13.2 Å². The van der Waals surface area contributed by atoms with E-state index in [4.69, 9.17) is 10.5 Å². The first kappa shape index (κ1) is 23.0.